The quantitative estimate of drug-likeness (QED) is 0.103. The maximum Gasteiger partial charge on any atom is 0.285 e. The topological polar surface area (TPSA) is 295 Å². The molecule has 4 aliphatic rings. The fourth-order valence-corrected chi connectivity index (χ4v) is 10.7. The zero-order valence-electron chi connectivity index (χ0n) is 33.7. The molecule has 22 nitrogen and oxygen atoms in total. The van der Waals surface area contributed by atoms with Gasteiger partial charge in [-0.15, -0.1) is 8.83 Å². The van der Waals surface area contributed by atoms with Crippen molar-refractivity contribution >= 4 is 76.3 Å². The van der Waals surface area contributed by atoms with Gasteiger partial charge in [-0.1, -0.05) is 10.3 Å². The minimum Gasteiger partial charge on any atom is -0.506 e. The summed E-state index contributed by atoms with van der Waals surface area (Å²) in [7, 11) is -8.40. The van der Waals surface area contributed by atoms with E-state index in [4.69, 9.17) is 9.68 Å². The number of aromatic hydroxyl groups is 2. The number of hydrogen-bond acceptors (Lipinski definition) is 18. The number of hydrogen-bond donors (Lipinski definition) is 2. The summed E-state index contributed by atoms with van der Waals surface area (Å²) in [6, 6.07) is 22.9. The van der Waals surface area contributed by atoms with Crippen LogP contribution < -0.4 is 0 Å². The van der Waals surface area contributed by atoms with Gasteiger partial charge in [-0.2, -0.15) is 27.0 Å². The SMILES string of the molecule is CC1=NN(S(=O)(=O)c2ccc(O)c3ncccc23)C2=NOC(c3ccc([N+](=O)[O-])cc3)C12.CC1=NN(S(=O)(=O)c2ccc(O)c3ncccc23)C2=NOC(c3ccc([N+](=O)[O-])cc3)C12.[Hg]. The summed E-state index contributed by atoms with van der Waals surface area (Å²) < 4.78 is 55.7. The number of nitro groups is 2. The molecule has 0 saturated heterocycles. The molecule has 6 aromatic rings. The molecule has 0 saturated carbocycles. The molecule has 65 heavy (non-hydrogen) atoms. The first-order chi connectivity index (χ1) is 30.6. The molecule has 25 heteroatoms. The molecule has 6 heterocycles. The molecule has 0 aliphatic carbocycles. The Morgan fingerprint density at radius 2 is 0.954 bits per heavy atom. The second kappa shape index (κ2) is 16.7. The van der Waals surface area contributed by atoms with Gasteiger partial charge in [-0.05, 0) is 97.8 Å². The predicted molar refractivity (Wildman–Crippen MR) is 227 cm³/mol. The van der Waals surface area contributed by atoms with Crippen LogP contribution in [0.5, 0.6) is 11.5 Å². The monoisotopic (exact) mass is 1110 g/mol. The van der Waals surface area contributed by atoms with E-state index in [0.29, 0.717) is 22.6 Å². The minimum atomic E-state index is -4.20. The maximum atomic E-state index is 13.5. The number of benzene rings is 4. The molecule has 0 bridgehead atoms. The number of oxime groups is 2. The van der Waals surface area contributed by atoms with E-state index in [9.17, 15) is 47.3 Å². The van der Waals surface area contributed by atoms with E-state index in [1.165, 1.54) is 60.9 Å². The molecule has 0 spiro atoms. The van der Waals surface area contributed by atoms with Gasteiger partial charge in [0.1, 0.15) is 34.4 Å². The van der Waals surface area contributed by atoms with Gasteiger partial charge < -0.3 is 19.9 Å². The number of fused-ring (bicyclic) bond motifs is 4. The first-order valence-corrected chi connectivity index (χ1v) is 21.8. The molecule has 4 aliphatic heterocycles. The minimum absolute atomic E-state index is 0. The van der Waals surface area contributed by atoms with Crippen molar-refractivity contribution in [1.82, 2.24) is 18.8 Å². The zero-order chi connectivity index (χ0) is 45.2. The van der Waals surface area contributed by atoms with Crippen LogP contribution in [-0.4, -0.2) is 78.8 Å². The summed E-state index contributed by atoms with van der Waals surface area (Å²) in [5.41, 5.74) is 2.31. The van der Waals surface area contributed by atoms with Crippen molar-refractivity contribution in [3.05, 3.63) is 141 Å². The summed E-state index contributed by atoms with van der Waals surface area (Å²) in [4.78, 5) is 39.8. The zero-order valence-corrected chi connectivity index (χ0v) is 40.8. The second-order valence-corrected chi connectivity index (χ2v) is 18.0. The van der Waals surface area contributed by atoms with Crippen molar-refractivity contribution in [2.75, 3.05) is 0 Å². The number of hydrazone groups is 2. The molecule has 2 aromatic heterocycles. The van der Waals surface area contributed by atoms with Gasteiger partial charge in [0.2, 0.25) is 0 Å². The van der Waals surface area contributed by atoms with Crippen LogP contribution in [0.4, 0.5) is 11.4 Å². The molecule has 4 aromatic carbocycles. The van der Waals surface area contributed by atoms with Gasteiger partial charge in [0.25, 0.3) is 31.4 Å². The average molecular weight is 1110 g/mol. The van der Waals surface area contributed by atoms with Crippen LogP contribution in [0.15, 0.2) is 140 Å². The molecule has 326 valence electrons. The van der Waals surface area contributed by atoms with Crippen molar-refractivity contribution < 1.29 is 74.2 Å². The van der Waals surface area contributed by atoms with Gasteiger partial charge >= 0.3 is 0 Å². The molecule has 0 amide bonds. The van der Waals surface area contributed by atoms with Crippen molar-refractivity contribution in [3.63, 3.8) is 0 Å². The van der Waals surface area contributed by atoms with Crippen LogP contribution in [0.25, 0.3) is 21.8 Å². The van der Waals surface area contributed by atoms with Gasteiger partial charge in [0, 0.05) is 75.1 Å². The van der Waals surface area contributed by atoms with E-state index in [0.717, 1.165) is 8.83 Å². The number of amidine groups is 2. The van der Waals surface area contributed by atoms with Crippen molar-refractivity contribution in [1.29, 1.82) is 0 Å². The summed E-state index contributed by atoms with van der Waals surface area (Å²) in [6.07, 6.45) is 1.56. The third kappa shape index (κ3) is 7.51. The Balaban J connectivity index is 0.000000175. The number of non-ortho nitro benzene ring substituents is 2. The number of nitrogens with zero attached hydrogens (tertiary/aromatic N) is 10. The number of sulfonamides is 2. The number of nitro benzene ring substituents is 2. The Morgan fingerprint density at radius 3 is 1.31 bits per heavy atom. The van der Waals surface area contributed by atoms with Crippen LogP contribution in [0.1, 0.15) is 37.2 Å². The predicted octanol–water partition coefficient (Wildman–Crippen LogP) is 5.86. The van der Waals surface area contributed by atoms with Crippen LogP contribution in [0.2, 0.25) is 0 Å². The number of rotatable bonds is 8. The summed E-state index contributed by atoms with van der Waals surface area (Å²) >= 11 is 0. The molecule has 10 rings (SSSR count). The Bertz CT molecular complexity index is 3100. The first kappa shape index (κ1) is 44.4. The van der Waals surface area contributed by atoms with Crippen molar-refractivity contribution in [2.45, 2.75) is 35.8 Å². The van der Waals surface area contributed by atoms with Crippen molar-refractivity contribution in [3.8, 4) is 11.5 Å². The van der Waals surface area contributed by atoms with Gasteiger partial charge in [-0.3, -0.25) is 30.2 Å². The normalized spacial score (nSPS) is 19.7. The van der Waals surface area contributed by atoms with E-state index in [1.54, 1.807) is 62.4 Å². The largest absolute Gasteiger partial charge is 0.506 e. The molecule has 0 fully saturated rings. The van der Waals surface area contributed by atoms with Crippen LogP contribution in [0.3, 0.4) is 0 Å². The van der Waals surface area contributed by atoms with Crippen LogP contribution in [0, 0.1) is 32.1 Å². The number of pyridine rings is 2. The Kier molecular flexibility index (Phi) is 11.4. The van der Waals surface area contributed by atoms with Gasteiger partial charge in [0.05, 0.1) is 31.1 Å². The molecular weight excluding hydrogens is 1080 g/mol. The van der Waals surface area contributed by atoms with Gasteiger partial charge in [-0.25, -0.2) is 0 Å². The third-order valence-corrected chi connectivity index (χ3v) is 14.0. The summed E-state index contributed by atoms with van der Waals surface area (Å²) in [5, 5.41) is 58.8. The summed E-state index contributed by atoms with van der Waals surface area (Å²) in [5.74, 6) is -1.25. The molecule has 4 unspecified atom stereocenters. The van der Waals surface area contributed by atoms with Crippen LogP contribution in [-0.2, 0) is 57.4 Å². The van der Waals surface area contributed by atoms with Crippen molar-refractivity contribution in [2.24, 2.45) is 32.4 Å². The molecule has 0 radical (unpaired) electrons. The summed E-state index contributed by atoms with van der Waals surface area (Å²) in [6.45, 7) is 3.33. The second-order valence-electron chi connectivity index (χ2n) is 14.5. The van der Waals surface area contributed by atoms with E-state index in [2.05, 4.69) is 30.5 Å². The fourth-order valence-electron chi connectivity index (χ4n) is 7.69. The smallest absolute Gasteiger partial charge is 0.285 e. The Labute approximate surface area is 387 Å². The van der Waals surface area contributed by atoms with Crippen LogP contribution >= 0.6 is 0 Å². The maximum absolute atomic E-state index is 13.5. The Morgan fingerprint density at radius 1 is 0.585 bits per heavy atom. The average Bonchev–Trinajstić information content (AvgIpc) is 4.08. The molecule has 4 atom stereocenters. The van der Waals surface area contributed by atoms with E-state index >= 15 is 0 Å². The standard InChI is InChI=1S/2C20H15N5O6S.Hg/c2*1-11-17-19(12-4-6-13(7-5-12)25(27)28)31-23-20(17)24(22-11)32(29,30)16-9-8-15(26)18-14(16)3-2-10-21-18;/h2*2-10,17,19,26H,1H3;. The van der Waals surface area contributed by atoms with E-state index in [-0.39, 0.29) is 93.8 Å². The number of phenols is 2. The Hall–Kier alpha value is -7.18. The van der Waals surface area contributed by atoms with Gasteiger partial charge in [0.15, 0.2) is 23.9 Å². The molecule has 2 N–H and O–H groups in total. The van der Waals surface area contributed by atoms with E-state index in [1.807, 2.05) is 0 Å². The molecular formula is C40H30HgN10O12S2. The van der Waals surface area contributed by atoms with E-state index < -0.39 is 53.9 Å². The number of aromatic nitrogens is 2. The third-order valence-electron chi connectivity index (χ3n) is 10.8. The number of phenolic OH excluding ortho intramolecular Hbond substituents is 2. The fraction of sp³-hybridized carbons (Fsp3) is 0.150. The first-order valence-electron chi connectivity index (χ1n) is 18.9.